The molecule has 0 radical (unpaired) electrons. The summed E-state index contributed by atoms with van der Waals surface area (Å²) < 4.78 is 37.4. The van der Waals surface area contributed by atoms with E-state index in [1.54, 1.807) is 24.3 Å². The molecule has 0 saturated heterocycles. The minimum absolute atomic E-state index is 0.0202. The van der Waals surface area contributed by atoms with Gasteiger partial charge in [-0.2, -0.15) is 5.26 Å². The molecule has 0 amide bonds. The van der Waals surface area contributed by atoms with Crippen LogP contribution in [0.2, 0.25) is 0 Å². The highest BCUT2D eigenvalue weighted by Gasteiger charge is 2.37. The van der Waals surface area contributed by atoms with E-state index >= 15 is 0 Å². The summed E-state index contributed by atoms with van der Waals surface area (Å²) >= 11 is 0. The summed E-state index contributed by atoms with van der Waals surface area (Å²) in [6, 6.07) is 14.1. The number of methoxy groups -OCH3 is 1. The minimum atomic E-state index is -3.94. The number of hydrogen-bond acceptors (Lipinski definition) is 6. The second-order valence-electron chi connectivity index (χ2n) is 5.27. The SMILES string of the molecule is COC(=O)[C@H]1CN(S(=O)(=O)c2ccc(C#N)cc2)c2ccccc2O1. The van der Waals surface area contributed by atoms with E-state index in [4.69, 9.17) is 10.00 Å². The van der Waals surface area contributed by atoms with Crippen molar-refractivity contribution in [3.63, 3.8) is 0 Å². The van der Waals surface area contributed by atoms with Gasteiger partial charge in [0.2, 0.25) is 6.10 Å². The first-order valence-corrected chi connectivity index (χ1v) is 8.78. The number of anilines is 1. The van der Waals surface area contributed by atoms with Crippen molar-refractivity contribution in [1.82, 2.24) is 0 Å². The molecule has 2 aromatic rings. The van der Waals surface area contributed by atoms with E-state index in [-0.39, 0.29) is 17.2 Å². The van der Waals surface area contributed by atoms with Crippen LogP contribution < -0.4 is 9.04 Å². The van der Waals surface area contributed by atoms with Crippen molar-refractivity contribution in [2.24, 2.45) is 0 Å². The van der Waals surface area contributed by atoms with E-state index < -0.39 is 22.1 Å². The van der Waals surface area contributed by atoms with Crippen molar-refractivity contribution in [2.75, 3.05) is 18.0 Å². The van der Waals surface area contributed by atoms with Crippen LogP contribution in [0.25, 0.3) is 0 Å². The Labute approximate surface area is 145 Å². The molecule has 25 heavy (non-hydrogen) atoms. The number of rotatable bonds is 3. The molecular weight excluding hydrogens is 344 g/mol. The molecule has 7 nitrogen and oxygen atoms in total. The second-order valence-corrected chi connectivity index (χ2v) is 7.13. The zero-order valence-electron chi connectivity index (χ0n) is 13.2. The van der Waals surface area contributed by atoms with Crippen molar-refractivity contribution in [2.45, 2.75) is 11.0 Å². The molecule has 0 aliphatic carbocycles. The van der Waals surface area contributed by atoms with Crippen LogP contribution in [0.1, 0.15) is 5.56 Å². The van der Waals surface area contributed by atoms with Gasteiger partial charge in [0.25, 0.3) is 10.0 Å². The van der Waals surface area contributed by atoms with Gasteiger partial charge in [-0.15, -0.1) is 0 Å². The van der Waals surface area contributed by atoms with Gasteiger partial charge in [0.1, 0.15) is 5.75 Å². The lowest BCUT2D eigenvalue weighted by Crippen LogP contribution is -2.47. The number of benzene rings is 2. The largest absolute Gasteiger partial charge is 0.475 e. The quantitative estimate of drug-likeness (QED) is 0.775. The number of ether oxygens (including phenoxy) is 2. The molecule has 1 atom stereocenters. The van der Waals surface area contributed by atoms with Gasteiger partial charge in [0.15, 0.2) is 0 Å². The number of nitrogens with zero attached hydrogens (tertiary/aromatic N) is 2. The Kier molecular flexibility index (Phi) is 4.33. The minimum Gasteiger partial charge on any atom is -0.475 e. The number of hydrogen-bond donors (Lipinski definition) is 0. The Morgan fingerprint density at radius 2 is 1.92 bits per heavy atom. The number of para-hydroxylation sites is 2. The Morgan fingerprint density at radius 1 is 1.24 bits per heavy atom. The number of nitriles is 1. The third-order valence-corrected chi connectivity index (χ3v) is 5.56. The van der Waals surface area contributed by atoms with E-state index in [1.165, 1.54) is 31.4 Å². The molecule has 8 heteroatoms. The zero-order chi connectivity index (χ0) is 18.0. The molecule has 0 N–H and O–H groups in total. The Morgan fingerprint density at radius 3 is 2.56 bits per heavy atom. The van der Waals surface area contributed by atoms with E-state index in [0.717, 1.165) is 4.31 Å². The predicted molar refractivity (Wildman–Crippen MR) is 88.6 cm³/mol. The van der Waals surface area contributed by atoms with Gasteiger partial charge in [0, 0.05) is 0 Å². The van der Waals surface area contributed by atoms with Crippen LogP contribution in [0.5, 0.6) is 5.75 Å². The maximum atomic E-state index is 13.0. The molecule has 1 heterocycles. The van der Waals surface area contributed by atoms with Gasteiger partial charge in [-0.05, 0) is 36.4 Å². The number of carbonyl (C=O) groups excluding carboxylic acids is 1. The highest BCUT2D eigenvalue weighted by molar-refractivity contribution is 7.92. The molecule has 0 saturated carbocycles. The molecule has 3 rings (SSSR count). The monoisotopic (exact) mass is 358 g/mol. The van der Waals surface area contributed by atoms with Gasteiger partial charge in [-0.3, -0.25) is 4.31 Å². The lowest BCUT2D eigenvalue weighted by molar-refractivity contribution is -0.148. The fourth-order valence-electron chi connectivity index (χ4n) is 2.51. The van der Waals surface area contributed by atoms with Gasteiger partial charge in [-0.1, -0.05) is 12.1 Å². The zero-order valence-corrected chi connectivity index (χ0v) is 14.1. The third-order valence-electron chi connectivity index (χ3n) is 3.77. The average Bonchev–Trinajstić information content (AvgIpc) is 2.66. The lowest BCUT2D eigenvalue weighted by Gasteiger charge is -2.34. The third kappa shape index (κ3) is 3.02. The Bertz CT molecular complexity index is 948. The molecule has 1 aliphatic heterocycles. The molecule has 2 aromatic carbocycles. The standard InChI is InChI=1S/C17H14N2O5S/c1-23-17(20)16-11-19(14-4-2-3-5-15(14)24-16)25(21,22)13-8-6-12(10-18)7-9-13/h2-9,16H,11H2,1H3/t16-/m1/s1. The van der Waals surface area contributed by atoms with E-state index in [0.29, 0.717) is 11.3 Å². The number of sulfonamides is 1. The first-order valence-electron chi connectivity index (χ1n) is 7.34. The van der Waals surface area contributed by atoms with Crippen LogP contribution in [-0.2, 0) is 19.6 Å². The van der Waals surface area contributed by atoms with Crippen LogP contribution in [0, 0.1) is 11.3 Å². The Hall–Kier alpha value is -3.05. The topological polar surface area (TPSA) is 96.7 Å². The molecule has 0 aromatic heterocycles. The molecule has 0 unspecified atom stereocenters. The number of esters is 1. The fraction of sp³-hybridized carbons (Fsp3) is 0.176. The molecule has 0 fully saturated rings. The predicted octanol–water partition coefficient (Wildman–Crippen LogP) is 1.69. The summed E-state index contributed by atoms with van der Waals surface area (Å²) in [7, 11) is -2.72. The number of carbonyl (C=O) groups is 1. The highest BCUT2D eigenvalue weighted by Crippen LogP contribution is 2.36. The number of fused-ring (bicyclic) bond motifs is 1. The van der Waals surface area contributed by atoms with E-state index in [9.17, 15) is 13.2 Å². The van der Waals surface area contributed by atoms with Crippen LogP contribution in [0.3, 0.4) is 0 Å². The first-order chi connectivity index (χ1) is 12.0. The molecule has 128 valence electrons. The van der Waals surface area contributed by atoms with E-state index in [1.807, 2.05) is 6.07 Å². The van der Waals surface area contributed by atoms with Gasteiger partial charge in [-0.25, -0.2) is 13.2 Å². The smallest absolute Gasteiger partial charge is 0.348 e. The van der Waals surface area contributed by atoms with Crippen LogP contribution in [0.4, 0.5) is 5.69 Å². The van der Waals surface area contributed by atoms with Crippen LogP contribution >= 0.6 is 0 Å². The fourth-order valence-corrected chi connectivity index (χ4v) is 3.99. The summed E-state index contributed by atoms with van der Waals surface area (Å²) in [4.78, 5) is 11.9. The molecule has 1 aliphatic rings. The maximum absolute atomic E-state index is 13.0. The van der Waals surface area contributed by atoms with Gasteiger partial charge in [0.05, 0.1) is 35.9 Å². The average molecular weight is 358 g/mol. The maximum Gasteiger partial charge on any atom is 0.348 e. The highest BCUT2D eigenvalue weighted by atomic mass is 32.2. The summed E-state index contributed by atoms with van der Waals surface area (Å²) in [5, 5.41) is 8.86. The summed E-state index contributed by atoms with van der Waals surface area (Å²) in [6.45, 7) is -0.202. The first kappa shape index (κ1) is 16.8. The summed E-state index contributed by atoms with van der Waals surface area (Å²) in [6.07, 6.45) is -1.06. The van der Waals surface area contributed by atoms with Crippen molar-refractivity contribution >= 4 is 21.7 Å². The summed E-state index contributed by atoms with van der Waals surface area (Å²) in [5.74, 6) is -0.379. The normalized spacial score (nSPS) is 16.3. The van der Waals surface area contributed by atoms with E-state index in [2.05, 4.69) is 4.74 Å². The lowest BCUT2D eigenvalue weighted by atomic mass is 10.2. The van der Waals surface area contributed by atoms with Crippen molar-refractivity contribution in [3.05, 3.63) is 54.1 Å². The van der Waals surface area contributed by atoms with Crippen molar-refractivity contribution in [1.29, 1.82) is 5.26 Å². The van der Waals surface area contributed by atoms with Gasteiger partial charge >= 0.3 is 5.97 Å². The van der Waals surface area contributed by atoms with Crippen molar-refractivity contribution < 1.29 is 22.7 Å². The molecule has 0 spiro atoms. The summed E-state index contributed by atoms with van der Waals surface area (Å²) in [5.41, 5.74) is 0.695. The molecule has 0 bridgehead atoms. The molecular formula is C17H14N2O5S. The van der Waals surface area contributed by atoms with Crippen molar-refractivity contribution in [3.8, 4) is 11.8 Å². The van der Waals surface area contributed by atoms with Gasteiger partial charge < -0.3 is 9.47 Å². The Balaban J connectivity index is 2.06. The van der Waals surface area contributed by atoms with Crippen LogP contribution in [-0.4, -0.2) is 34.1 Å². The van der Waals surface area contributed by atoms with Crippen LogP contribution in [0.15, 0.2) is 53.4 Å². The second kappa shape index (κ2) is 6.45.